The third kappa shape index (κ3) is 5.13. The summed E-state index contributed by atoms with van der Waals surface area (Å²) in [4.78, 5) is 18.8. The van der Waals surface area contributed by atoms with E-state index < -0.39 is 5.97 Å². The van der Waals surface area contributed by atoms with Gasteiger partial charge in [0.25, 0.3) is 0 Å². The van der Waals surface area contributed by atoms with E-state index in [4.69, 9.17) is 19.6 Å². The van der Waals surface area contributed by atoms with Crippen LogP contribution in [-0.2, 0) is 16.0 Å². The zero-order valence-corrected chi connectivity index (χ0v) is 22.8. The Labute approximate surface area is 232 Å². The lowest BCUT2D eigenvalue weighted by molar-refractivity contribution is -0.136. The molecule has 3 aliphatic rings. The molecule has 7 rings (SSSR count). The molecule has 0 saturated carbocycles. The lowest BCUT2D eigenvalue weighted by Gasteiger charge is -2.40. The van der Waals surface area contributed by atoms with Gasteiger partial charge in [-0.15, -0.1) is 0 Å². The molecular weight excluding hydrogens is 511 g/mol. The number of nitrogens with zero attached hydrogens (tertiary/aromatic N) is 4. The highest BCUT2D eigenvalue weighted by Gasteiger charge is 2.33. The van der Waals surface area contributed by atoms with Crippen LogP contribution < -0.4 is 9.64 Å². The third-order valence-electron chi connectivity index (χ3n) is 7.99. The van der Waals surface area contributed by atoms with Gasteiger partial charge in [0.2, 0.25) is 0 Å². The van der Waals surface area contributed by atoms with E-state index >= 15 is 0 Å². The molecule has 9 heteroatoms. The fraction of sp³-hybridized carbons (Fsp3) is 0.387. The molecule has 40 heavy (non-hydrogen) atoms. The van der Waals surface area contributed by atoms with Crippen molar-refractivity contribution in [2.24, 2.45) is 0 Å². The van der Waals surface area contributed by atoms with Crippen LogP contribution in [0.3, 0.4) is 0 Å². The van der Waals surface area contributed by atoms with Gasteiger partial charge in [-0.3, -0.25) is 4.79 Å². The average molecular weight is 545 g/mol. The number of carboxylic acids is 1. The van der Waals surface area contributed by atoms with Crippen molar-refractivity contribution in [3.05, 3.63) is 65.6 Å². The molecule has 1 saturated heterocycles. The Balaban J connectivity index is 1.51. The first kappa shape index (κ1) is 26.3. The molecule has 8 nitrogen and oxygen atoms in total. The summed E-state index contributed by atoms with van der Waals surface area (Å²) in [6.45, 7) is 6.59. The highest BCUT2D eigenvalue weighted by atomic mass is 19.1. The first-order valence-corrected chi connectivity index (χ1v) is 13.8. The molecule has 5 heterocycles. The van der Waals surface area contributed by atoms with Crippen molar-refractivity contribution in [3.63, 3.8) is 0 Å². The second-order valence-electron chi connectivity index (χ2n) is 10.9. The van der Waals surface area contributed by atoms with Gasteiger partial charge in [0.15, 0.2) is 5.65 Å². The molecular formula is C31H33FN4O4. The van der Waals surface area contributed by atoms with Crippen molar-refractivity contribution < 1.29 is 23.8 Å². The van der Waals surface area contributed by atoms with E-state index in [-0.39, 0.29) is 17.8 Å². The van der Waals surface area contributed by atoms with Gasteiger partial charge in [0, 0.05) is 48.1 Å². The zero-order valence-electron chi connectivity index (χ0n) is 22.8. The molecule has 4 aromatic rings. The number of carbonyl (C=O) groups is 1. The lowest BCUT2D eigenvalue weighted by Crippen LogP contribution is -2.45. The van der Waals surface area contributed by atoms with Crippen LogP contribution in [0.2, 0.25) is 0 Å². The molecule has 6 bridgehead atoms. The lowest BCUT2D eigenvalue weighted by atomic mass is 9.93. The fourth-order valence-electron chi connectivity index (χ4n) is 5.70. The fourth-order valence-corrected chi connectivity index (χ4v) is 5.70. The molecule has 208 valence electrons. The molecule has 0 unspecified atom stereocenters. The van der Waals surface area contributed by atoms with Crippen molar-refractivity contribution in [1.29, 1.82) is 0 Å². The molecule has 0 aliphatic carbocycles. The van der Waals surface area contributed by atoms with E-state index in [0.29, 0.717) is 47.1 Å². The third-order valence-corrected chi connectivity index (χ3v) is 7.99. The average Bonchev–Trinajstić information content (AvgIpc) is 3.35. The van der Waals surface area contributed by atoms with Crippen molar-refractivity contribution in [2.75, 3.05) is 31.2 Å². The van der Waals surface area contributed by atoms with E-state index in [1.807, 2.05) is 37.3 Å². The molecule has 0 atom stereocenters. The maximum Gasteiger partial charge on any atom is 0.308 e. The summed E-state index contributed by atoms with van der Waals surface area (Å²) in [6.07, 6.45) is 3.17. The summed E-state index contributed by atoms with van der Waals surface area (Å²) in [5.74, 6) is 0.159. The largest absolute Gasteiger partial charge is 0.493 e. The van der Waals surface area contributed by atoms with Gasteiger partial charge in [-0.1, -0.05) is 18.2 Å². The Morgan fingerprint density at radius 3 is 2.65 bits per heavy atom. The number of carboxylic acid groups (broad SMARTS) is 1. The minimum absolute atomic E-state index is 0.137. The maximum absolute atomic E-state index is 14.4. The summed E-state index contributed by atoms with van der Waals surface area (Å²) >= 11 is 0. The Morgan fingerprint density at radius 2 is 1.85 bits per heavy atom. The summed E-state index contributed by atoms with van der Waals surface area (Å²) in [6, 6.07) is 14.3. The van der Waals surface area contributed by atoms with Crippen LogP contribution in [0.1, 0.15) is 43.9 Å². The van der Waals surface area contributed by atoms with E-state index in [1.54, 1.807) is 10.6 Å². The highest BCUT2D eigenvalue weighted by Crippen LogP contribution is 2.36. The molecule has 0 radical (unpaired) electrons. The summed E-state index contributed by atoms with van der Waals surface area (Å²) < 4.78 is 28.6. The second-order valence-corrected chi connectivity index (χ2v) is 10.9. The van der Waals surface area contributed by atoms with Gasteiger partial charge < -0.3 is 19.5 Å². The van der Waals surface area contributed by atoms with Gasteiger partial charge in [-0.25, -0.2) is 9.37 Å². The molecule has 1 fully saturated rings. The SMILES string of the molecule is Cc1nc2cc3nn2c(c1CC(=O)O)N1CCC(C)(CC1)OCCCCOc1ccc(F)cc1-c1cccc-3c1. The zero-order chi connectivity index (χ0) is 27.9. The van der Waals surface area contributed by atoms with Gasteiger partial charge in [-0.2, -0.15) is 9.61 Å². The number of hydrogen-bond acceptors (Lipinski definition) is 6. The van der Waals surface area contributed by atoms with Crippen molar-refractivity contribution in [3.8, 4) is 28.1 Å². The maximum atomic E-state index is 14.4. The monoisotopic (exact) mass is 544 g/mol. The Kier molecular flexibility index (Phi) is 6.92. The van der Waals surface area contributed by atoms with Crippen molar-refractivity contribution >= 4 is 17.4 Å². The van der Waals surface area contributed by atoms with Gasteiger partial charge in [0.05, 0.1) is 24.3 Å². The summed E-state index contributed by atoms with van der Waals surface area (Å²) in [5.41, 5.74) is 4.78. The van der Waals surface area contributed by atoms with Crippen LogP contribution in [0.15, 0.2) is 48.5 Å². The molecule has 2 aromatic carbocycles. The second kappa shape index (κ2) is 10.5. The molecule has 0 spiro atoms. The number of aromatic nitrogens is 3. The van der Waals surface area contributed by atoms with Gasteiger partial charge >= 0.3 is 5.97 Å². The summed E-state index contributed by atoms with van der Waals surface area (Å²) in [7, 11) is 0. The predicted molar refractivity (Wildman–Crippen MR) is 150 cm³/mol. The topological polar surface area (TPSA) is 89.2 Å². The first-order valence-electron chi connectivity index (χ1n) is 13.8. The first-order chi connectivity index (χ1) is 19.3. The number of ether oxygens (including phenoxy) is 2. The highest BCUT2D eigenvalue weighted by molar-refractivity contribution is 5.78. The Morgan fingerprint density at radius 1 is 1.07 bits per heavy atom. The Hall–Kier alpha value is -3.98. The normalized spacial score (nSPS) is 17.1. The number of halogens is 1. The minimum Gasteiger partial charge on any atom is -0.493 e. The standard InChI is InChI=1S/C31H33FN4O4/c1-20-24(18-29(37)38)30-35-12-10-31(2,11-13-35)40-15-4-3-14-39-27-9-8-23(32)17-25(27)21-6-5-7-22(16-21)26-19-28(33-20)36(30)34-26/h5-9,16-17,19H,3-4,10-15,18H2,1-2H3,(H,37,38). The number of benzene rings is 2. The number of aliphatic carboxylic acids is 1. The van der Waals surface area contributed by atoms with E-state index in [2.05, 4.69) is 11.8 Å². The quantitative estimate of drug-likeness (QED) is 0.347. The minimum atomic E-state index is -0.908. The molecule has 2 aromatic heterocycles. The van der Waals surface area contributed by atoms with Gasteiger partial charge in [-0.05, 0) is 69.4 Å². The predicted octanol–water partition coefficient (Wildman–Crippen LogP) is 5.69. The number of fused-ring (bicyclic) bond motifs is 7. The van der Waals surface area contributed by atoms with Crippen LogP contribution in [-0.4, -0.2) is 57.6 Å². The number of hydrogen-bond donors (Lipinski definition) is 1. The smallest absolute Gasteiger partial charge is 0.308 e. The molecule has 1 N–H and O–H groups in total. The molecule has 0 amide bonds. The number of aryl methyl sites for hydroxylation is 1. The van der Waals surface area contributed by atoms with E-state index in [9.17, 15) is 14.3 Å². The van der Waals surface area contributed by atoms with Crippen LogP contribution in [0.4, 0.5) is 10.2 Å². The van der Waals surface area contributed by atoms with Crippen molar-refractivity contribution in [2.45, 2.75) is 51.6 Å². The van der Waals surface area contributed by atoms with Gasteiger partial charge in [0.1, 0.15) is 17.4 Å². The molecule has 3 aliphatic heterocycles. The Bertz CT molecular complexity index is 1580. The number of anilines is 1. The van der Waals surface area contributed by atoms with E-state index in [0.717, 1.165) is 55.7 Å². The number of rotatable bonds is 2. The van der Waals surface area contributed by atoms with Crippen LogP contribution >= 0.6 is 0 Å². The van der Waals surface area contributed by atoms with Crippen LogP contribution in [0.5, 0.6) is 5.75 Å². The van der Waals surface area contributed by atoms with Crippen LogP contribution in [0.25, 0.3) is 28.0 Å². The summed E-state index contributed by atoms with van der Waals surface area (Å²) in [5, 5.41) is 14.7. The van der Waals surface area contributed by atoms with Crippen LogP contribution in [0, 0.1) is 12.7 Å². The van der Waals surface area contributed by atoms with E-state index in [1.165, 1.54) is 12.1 Å². The number of piperidine rings is 1. The van der Waals surface area contributed by atoms with Crippen molar-refractivity contribution in [1.82, 2.24) is 14.6 Å².